The highest BCUT2D eigenvalue weighted by Gasteiger charge is 2.24. The minimum absolute atomic E-state index is 0.0249. The Hall–Kier alpha value is -3.75. The number of rotatable bonds is 9. The highest BCUT2D eigenvalue weighted by Crippen LogP contribution is 2.31. The van der Waals surface area contributed by atoms with Gasteiger partial charge in [0.2, 0.25) is 0 Å². The summed E-state index contributed by atoms with van der Waals surface area (Å²) >= 11 is 1.61. The van der Waals surface area contributed by atoms with Crippen LogP contribution >= 0.6 is 11.3 Å². The van der Waals surface area contributed by atoms with Crippen molar-refractivity contribution >= 4 is 11.3 Å². The molecule has 5 aromatic rings. The van der Waals surface area contributed by atoms with Crippen molar-refractivity contribution in [2.24, 2.45) is 0 Å². The van der Waals surface area contributed by atoms with Gasteiger partial charge < -0.3 is 4.74 Å². The fourth-order valence-electron chi connectivity index (χ4n) is 4.55. The smallest absolute Gasteiger partial charge is 0.193 e. The Balaban J connectivity index is 1.51. The second kappa shape index (κ2) is 10.5. The van der Waals surface area contributed by atoms with Crippen molar-refractivity contribution in [3.8, 4) is 16.6 Å². The van der Waals surface area contributed by atoms with Crippen molar-refractivity contribution in [1.82, 2.24) is 24.2 Å². The van der Waals surface area contributed by atoms with Crippen LogP contribution in [0.3, 0.4) is 0 Å². The van der Waals surface area contributed by atoms with Crippen molar-refractivity contribution in [3.05, 3.63) is 113 Å². The number of hydrogen-bond donors (Lipinski definition) is 0. The fraction of sp³-hybridized carbons (Fsp3) is 0.214. The summed E-state index contributed by atoms with van der Waals surface area (Å²) in [5, 5.41) is 7.54. The third kappa shape index (κ3) is 4.82. The Morgan fingerprint density at radius 1 is 1.08 bits per heavy atom. The molecule has 0 saturated heterocycles. The SMILES string of the molecule is COc1ccccc1CN(Cc1cccn1-c1nccs1)C(C)c1cnn(-c2cccc(F)c2)c1C. The van der Waals surface area contributed by atoms with Gasteiger partial charge in [-0.1, -0.05) is 24.3 Å². The first kappa shape index (κ1) is 24.0. The number of ether oxygens (including phenoxy) is 1. The maximum Gasteiger partial charge on any atom is 0.193 e. The number of nitrogens with zero attached hydrogens (tertiary/aromatic N) is 5. The summed E-state index contributed by atoms with van der Waals surface area (Å²) in [6.45, 7) is 5.59. The van der Waals surface area contributed by atoms with E-state index in [9.17, 15) is 4.39 Å². The molecular weight excluding hydrogens is 473 g/mol. The Bertz CT molecular complexity index is 1440. The maximum atomic E-state index is 13.9. The monoisotopic (exact) mass is 501 g/mol. The highest BCUT2D eigenvalue weighted by molar-refractivity contribution is 7.12. The standard InChI is InChI=1S/C28H28FN5OS/c1-20(26-17-31-34(21(26)2)24-10-6-9-23(29)16-24)32(18-22-8-4-5-12-27(22)35-3)19-25-11-7-14-33(25)28-30-13-15-36-28/h4-17,20H,18-19H2,1-3H3. The molecule has 0 aliphatic rings. The minimum atomic E-state index is -0.280. The van der Waals surface area contributed by atoms with E-state index in [2.05, 4.69) is 44.7 Å². The summed E-state index contributed by atoms with van der Waals surface area (Å²) in [4.78, 5) is 6.90. The van der Waals surface area contributed by atoms with Crippen molar-refractivity contribution in [3.63, 3.8) is 0 Å². The lowest BCUT2D eigenvalue weighted by Crippen LogP contribution is -2.28. The molecule has 1 atom stereocenters. The molecule has 6 nitrogen and oxygen atoms in total. The summed E-state index contributed by atoms with van der Waals surface area (Å²) in [6, 6.07) is 18.8. The van der Waals surface area contributed by atoms with Crippen LogP contribution in [-0.4, -0.2) is 31.3 Å². The summed E-state index contributed by atoms with van der Waals surface area (Å²) in [5.41, 5.74) is 5.02. The second-order valence-corrected chi connectivity index (χ2v) is 9.53. The van der Waals surface area contributed by atoms with E-state index in [1.54, 1.807) is 29.2 Å². The maximum absolute atomic E-state index is 13.9. The van der Waals surface area contributed by atoms with Crippen molar-refractivity contribution < 1.29 is 9.13 Å². The third-order valence-electron chi connectivity index (χ3n) is 6.49. The van der Waals surface area contributed by atoms with Gasteiger partial charge in [-0.3, -0.25) is 9.47 Å². The van der Waals surface area contributed by atoms with Gasteiger partial charge in [0, 0.05) is 59.4 Å². The van der Waals surface area contributed by atoms with Gasteiger partial charge in [-0.15, -0.1) is 11.3 Å². The lowest BCUT2D eigenvalue weighted by atomic mass is 10.1. The Labute approximate surface area is 214 Å². The Morgan fingerprint density at radius 2 is 1.94 bits per heavy atom. The number of aromatic nitrogens is 4. The van der Waals surface area contributed by atoms with Gasteiger partial charge >= 0.3 is 0 Å². The average molecular weight is 502 g/mol. The average Bonchev–Trinajstić information content (AvgIpc) is 3.65. The minimum Gasteiger partial charge on any atom is -0.496 e. The summed E-state index contributed by atoms with van der Waals surface area (Å²) in [5.74, 6) is 0.579. The topological polar surface area (TPSA) is 48.1 Å². The first-order valence-corrected chi connectivity index (χ1v) is 12.7. The lowest BCUT2D eigenvalue weighted by molar-refractivity contribution is 0.186. The third-order valence-corrected chi connectivity index (χ3v) is 7.26. The zero-order chi connectivity index (χ0) is 25.1. The van der Waals surface area contributed by atoms with Crippen LogP contribution in [-0.2, 0) is 13.1 Å². The Kier molecular flexibility index (Phi) is 6.97. The number of halogens is 1. The fourth-order valence-corrected chi connectivity index (χ4v) is 5.21. The molecule has 8 heteroatoms. The van der Waals surface area contributed by atoms with Crippen molar-refractivity contribution in [2.45, 2.75) is 33.0 Å². The van der Waals surface area contributed by atoms with E-state index in [0.29, 0.717) is 18.8 Å². The normalized spacial score (nSPS) is 12.2. The molecule has 2 aromatic carbocycles. The molecule has 0 saturated carbocycles. The second-order valence-electron chi connectivity index (χ2n) is 8.65. The molecule has 0 amide bonds. The zero-order valence-electron chi connectivity index (χ0n) is 20.5. The molecule has 0 bridgehead atoms. The van der Waals surface area contributed by atoms with Gasteiger partial charge in [-0.05, 0) is 50.2 Å². The summed E-state index contributed by atoms with van der Waals surface area (Å²) in [6.07, 6.45) is 5.76. The quantitative estimate of drug-likeness (QED) is 0.237. The molecule has 0 fully saturated rings. The molecule has 36 heavy (non-hydrogen) atoms. The van der Waals surface area contributed by atoms with Crippen molar-refractivity contribution in [2.75, 3.05) is 7.11 Å². The van der Waals surface area contributed by atoms with Crippen LogP contribution in [0, 0.1) is 12.7 Å². The molecule has 5 rings (SSSR count). The predicted molar refractivity (Wildman–Crippen MR) is 140 cm³/mol. The first-order chi connectivity index (χ1) is 17.5. The number of benzene rings is 2. The molecule has 0 aliphatic carbocycles. The van der Waals surface area contributed by atoms with E-state index >= 15 is 0 Å². The molecule has 0 spiro atoms. The highest BCUT2D eigenvalue weighted by atomic mass is 32.1. The van der Waals surface area contributed by atoms with Crippen LogP contribution in [0.2, 0.25) is 0 Å². The molecule has 0 N–H and O–H groups in total. The van der Waals surface area contributed by atoms with Crippen LogP contribution in [0.25, 0.3) is 10.8 Å². The largest absolute Gasteiger partial charge is 0.496 e. The van der Waals surface area contributed by atoms with Gasteiger partial charge in [0.25, 0.3) is 0 Å². The van der Waals surface area contributed by atoms with Gasteiger partial charge in [-0.2, -0.15) is 5.10 Å². The van der Waals surface area contributed by atoms with Gasteiger partial charge in [0.15, 0.2) is 5.13 Å². The van der Waals surface area contributed by atoms with Crippen LogP contribution in [0.5, 0.6) is 5.75 Å². The van der Waals surface area contributed by atoms with E-state index in [1.807, 2.05) is 55.2 Å². The van der Waals surface area contributed by atoms with Gasteiger partial charge in [0.1, 0.15) is 11.6 Å². The van der Waals surface area contributed by atoms with Crippen molar-refractivity contribution in [1.29, 1.82) is 0 Å². The van der Waals surface area contributed by atoms with E-state index < -0.39 is 0 Å². The number of hydrogen-bond acceptors (Lipinski definition) is 5. The predicted octanol–water partition coefficient (Wildman–Crippen LogP) is 6.34. The molecule has 3 aromatic heterocycles. The molecular formula is C28H28FN5OS. The van der Waals surface area contributed by atoms with E-state index in [1.165, 1.54) is 12.1 Å². The zero-order valence-corrected chi connectivity index (χ0v) is 21.3. The van der Waals surface area contributed by atoms with Gasteiger partial charge in [-0.25, -0.2) is 14.1 Å². The molecule has 0 aliphatic heterocycles. The molecule has 1 unspecified atom stereocenters. The van der Waals surface area contributed by atoms with Crippen LogP contribution in [0.4, 0.5) is 4.39 Å². The van der Waals surface area contributed by atoms with Crippen LogP contribution in [0.15, 0.2) is 84.6 Å². The van der Waals surface area contributed by atoms with Crippen LogP contribution in [0.1, 0.15) is 35.5 Å². The van der Waals surface area contributed by atoms with E-state index in [0.717, 1.165) is 33.4 Å². The Morgan fingerprint density at radius 3 is 2.72 bits per heavy atom. The molecule has 184 valence electrons. The summed E-state index contributed by atoms with van der Waals surface area (Å²) in [7, 11) is 1.70. The number of para-hydroxylation sites is 1. The molecule has 0 radical (unpaired) electrons. The van der Waals surface area contributed by atoms with E-state index in [-0.39, 0.29) is 11.9 Å². The lowest BCUT2D eigenvalue weighted by Gasteiger charge is -2.30. The number of thiazole rings is 1. The summed E-state index contributed by atoms with van der Waals surface area (Å²) < 4.78 is 23.5. The van der Waals surface area contributed by atoms with Gasteiger partial charge in [0.05, 0.1) is 19.0 Å². The first-order valence-electron chi connectivity index (χ1n) is 11.8. The number of methoxy groups -OCH3 is 1. The van der Waals surface area contributed by atoms with E-state index in [4.69, 9.17) is 4.74 Å². The van der Waals surface area contributed by atoms with Crippen LogP contribution < -0.4 is 4.74 Å². The molecule has 3 heterocycles.